The Hall–Kier alpha value is -2.21. The SMILES string of the molecule is CC(N)c1ccn(Cc2cc(F)cc([N+](=O)[O-])c2)c1. The summed E-state index contributed by atoms with van der Waals surface area (Å²) in [5.74, 6) is -0.608. The molecule has 0 aliphatic rings. The molecular weight excluding hydrogens is 249 g/mol. The number of hydrogen-bond acceptors (Lipinski definition) is 3. The van der Waals surface area contributed by atoms with E-state index in [0.717, 1.165) is 11.6 Å². The van der Waals surface area contributed by atoms with Crippen LogP contribution in [0.2, 0.25) is 0 Å². The quantitative estimate of drug-likeness (QED) is 0.680. The number of hydrogen-bond donors (Lipinski definition) is 1. The highest BCUT2D eigenvalue weighted by molar-refractivity contribution is 5.35. The van der Waals surface area contributed by atoms with Crippen molar-refractivity contribution in [1.82, 2.24) is 4.57 Å². The van der Waals surface area contributed by atoms with Crippen LogP contribution in [-0.4, -0.2) is 9.49 Å². The van der Waals surface area contributed by atoms with Crippen molar-refractivity contribution in [2.24, 2.45) is 5.73 Å². The van der Waals surface area contributed by atoms with Gasteiger partial charge >= 0.3 is 0 Å². The van der Waals surface area contributed by atoms with Gasteiger partial charge in [-0.1, -0.05) is 0 Å². The zero-order chi connectivity index (χ0) is 14.0. The summed E-state index contributed by atoms with van der Waals surface area (Å²) in [5, 5.41) is 10.7. The lowest BCUT2D eigenvalue weighted by atomic mass is 10.2. The Kier molecular flexibility index (Phi) is 3.62. The van der Waals surface area contributed by atoms with Gasteiger partial charge in [-0.2, -0.15) is 0 Å². The topological polar surface area (TPSA) is 74.1 Å². The molecule has 2 aromatic rings. The van der Waals surface area contributed by atoms with Gasteiger partial charge < -0.3 is 10.3 Å². The molecule has 1 heterocycles. The summed E-state index contributed by atoms with van der Waals surface area (Å²) in [6, 6.07) is 5.36. The Morgan fingerprint density at radius 1 is 1.47 bits per heavy atom. The second kappa shape index (κ2) is 5.19. The van der Waals surface area contributed by atoms with E-state index in [1.165, 1.54) is 12.1 Å². The second-order valence-electron chi connectivity index (χ2n) is 4.48. The van der Waals surface area contributed by atoms with Crippen molar-refractivity contribution in [1.29, 1.82) is 0 Å². The third kappa shape index (κ3) is 3.17. The van der Waals surface area contributed by atoms with Crippen LogP contribution >= 0.6 is 0 Å². The van der Waals surface area contributed by atoms with Crippen LogP contribution in [0, 0.1) is 15.9 Å². The highest BCUT2D eigenvalue weighted by Crippen LogP contribution is 2.18. The Bertz CT molecular complexity index is 608. The minimum atomic E-state index is -0.608. The third-order valence-corrected chi connectivity index (χ3v) is 2.82. The number of nitro groups is 1. The van der Waals surface area contributed by atoms with Crippen molar-refractivity contribution in [3.05, 3.63) is 63.7 Å². The molecule has 2 rings (SSSR count). The van der Waals surface area contributed by atoms with E-state index in [1.807, 2.05) is 30.0 Å². The Morgan fingerprint density at radius 3 is 2.79 bits per heavy atom. The number of rotatable bonds is 4. The summed E-state index contributed by atoms with van der Waals surface area (Å²) >= 11 is 0. The fraction of sp³-hybridized carbons (Fsp3) is 0.231. The highest BCUT2D eigenvalue weighted by atomic mass is 19.1. The maximum Gasteiger partial charge on any atom is 0.272 e. The van der Waals surface area contributed by atoms with Gasteiger partial charge in [0.25, 0.3) is 5.69 Å². The average molecular weight is 263 g/mol. The Labute approximate surface area is 109 Å². The van der Waals surface area contributed by atoms with Crippen LogP contribution in [-0.2, 0) is 6.54 Å². The second-order valence-corrected chi connectivity index (χ2v) is 4.48. The molecule has 0 bridgehead atoms. The summed E-state index contributed by atoms with van der Waals surface area (Å²) in [5.41, 5.74) is 7.01. The molecule has 100 valence electrons. The molecule has 0 aliphatic heterocycles. The van der Waals surface area contributed by atoms with Gasteiger partial charge in [0.05, 0.1) is 11.0 Å². The third-order valence-electron chi connectivity index (χ3n) is 2.82. The first-order valence-corrected chi connectivity index (χ1v) is 5.81. The van der Waals surface area contributed by atoms with Crippen LogP contribution < -0.4 is 5.73 Å². The molecule has 1 aromatic carbocycles. The molecule has 6 heteroatoms. The van der Waals surface area contributed by atoms with Crippen molar-refractivity contribution < 1.29 is 9.31 Å². The van der Waals surface area contributed by atoms with Crippen LogP contribution in [0.5, 0.6) is 0 Å². The number of halogens is 1. The first-order chi connectivity index (χ1) is 8.95. The van der Waals surface area contributed by atoms with Crippen molar-refractivity contribution >= 4 is 5.69 Å². The van der Waals surface area contributed by atoms with E-state index in [9.17, 15) is 14.5 Å². The number of nitrogens with two attached hydrogens (primary N) is 1. The average Bonchev–Trinajstić information content (AvgIpc) is 2.76. The summed E-state index contributed by atoms with van der Waals surface area (Å²) in [7, 11) is 0. The van der Waals surface area contributed by atoms with Crippen molar-refractivity contribution in [2.45, 2.75) is 19.5 Å². The maximum atomic E-state index is 13.3. The first-order valence-electron chi connectivity index (χ1n) is 5.81. The first kappa shape index (κ1) is 13.2. The van der Waals surface area contributed by atoms with Crippen LogP contribution in [0.3, 0.4) is 0 Å². The molecule has 5 nitrogen and oxygen atoms in total. The van der Waals surface area contributed by atoms with Gasteiger partial charge in [0.1, 0.15) is 5.82 Å². The predicted octanol–water partition coefficient (Wildman–Crippen LogP) is 2.60. The van der Waals surface area contributed by atoms with Crippen LogP contribution in [0.15, 0.2) is 36.7 Å². The maximum absolute atomic E-state index is 13.3. The molecule has 1 atom stereocenters. The minimum absolute atomic E-state index is 0.0805. The van der Waals surface area contributed by atoms with Gasteiger partial charge in [0.15, 0.2) is 0 Å². The van der Waals surface area contributed by atoms with Gasteiger partial charge in [0.2, 0.25) is 0 Å². The van der Waals surface area contributed by atoms with Crippen molar-refractivity contribution in [2.75, 3.05) is 0 Å². The van der Waals surface area contributed by atoms with E-state index < -0.39 is 10.7 Å². The van der Waals surface area contributed by atoms with Gasteiger partial charge in [-0.3, -0.25) is 10.1 Å². The predicted molar refractivity (Wildman–Crippen MR) is 69.2 cm³/mol. The van der Waals surface area contributed by atoms with E-state index >= 15 is 0 Å². The van der Waals surface area contributed by atoms with E-state index in [1.54, 1.807) is 0 Å². The van der Waals surface area contributed by atoms with Gasteiger partial charge in [-0.15, -0.1) is 0 Å². The van der Waals surface area contributed by atoms with E-state index in [0.29, 0.717) is 12.1 Å². The molecule has 1 aromatic heterocycles. The van der Waals surface area contributed by atoms with Crippen molar-refractivity contribution in [3.63, 3.8) is 0 Å². The fourth-order valence-electron chi connectivity index (χ4n) is 1.87. The molecule has 0 amide bonds. The highest BCUT2D eigenvalue weighted by Gasteiger charge is 2.10. The lowest BCUT2D eigenvalue weighted by Gasteiger charge is -2.04. The van der Waals surface area contributed by atoms with E-state index in [-0.39, 0.29) is 11.7 Å². The molecule has 0 fully saturated rings. The van der Waals surface area contributed by atoms with Gasteiger partial charge in [-0.05, 0) is 30.2 Å². The number of nitro benzene ring substituents is 1. The summed E-state index contributed by atoms with van der Waals surface area (Å²) in [4.78, 5) is 10.1. The van der Waals surface area contributed by atoms with E-state index in [4.69, 9.17) is 5.73 Å². The zero-order valence-electron chi connectivity index (χ0n) is 10.4. The van der Waals surface area contributed by atoms with Crippen molar-refractivity contribution in [3.8, 4) is 0 Å². The fourth-order valence-corrected chi connectivity index (χ4v) is 1.87. The largest absolute Gasteiger partial charge is 0.350 e. The molecular formula is C13H14FN3O2. The number of non-ortho nitro benzene ring substituents is 1. The lowest BCUT2D eigenvalue weighted by Crippen LogP contribution is -2.04. The zero-order valence-corrected chi connectivity index (χ0v) is 10.4. The van der Waals surface area contributed by atoms with Gasteiger partial charge in [0, 0.05) is 31.0 Å². The molecule has 0 saturated carbocycles. The minimum Gasteiger partial charge on any atom is -0.350 e. The number of nitrogens with zero attached hydrogens (tertiary/aromatic N) is 2. The molecule has 0 aliphatic carbocycles. The number of aromatic nitrogens is 1. The molecule has 0 spiro atoms. The summed E-state index contributed by atoms with van der Waals surface area (Å²) < 4.78 is 15.1. The molecule has 0 radical (unpaired) electrons. The molecule has 0 saturated heterocycles. The molecule has 19 heavy (non-hydrogen) atoms. The summed E-state index contributed by atoms with van der Waals surface area (Å²) in [6.07, 6.45) is 3.66. The lowest BCUT2D eigenvalue weighted by molar-refractivity contribution is -0.385. The van der Waals surface area contributed by atoms with Crippen LogP contribution in [0.1, 0.15) is 24.1 Å². The monoisotopic (exact) mass is 263 g/mol. The van der Waals surface area contributed by atoms with Crippen LogP contribution in [0.25, 0.3) is 0 Å². The summed E-state index contributed by atoms with van der Waals surface area (Å²) in [6.45, 7) is 2.23. The normalized spacial score (nSPS) is 12.4. The van der Waals surface area contributed by atoms with E-state index in [2.05, 4.69) is 0 Å². The Balaban J connectivity index is 2.24. The standard InChI is InChI=1S/C13H14FN3O2/c1-9(15)11-2-3-16(8-11)7-10-4-12(14)6-13(5-10)17(18)19/h2-6,8-9H,7,15H2,1H3. The van der Waals surface area contributed by atoms with Gasteiger partial charge in [-0.25, -0.2) is 4.39 Å². The number of benzene rings is 1. The van der Waals surface area contributed by atoms with Crippen LogP contribution in [0.4, 0.5) is 10.1 Å². The molecule has 2 N–H and O–H groups in total. The Morgan fingerprint density at radius 2 is 2.21 bits per heavy atom. The molecule has 1 unspecified atom stereocenters. The smallest absolute Gasteiger partial charge is 0.272 e.